The first kappa shape index (κ1) is 11.5. The second-order valence-corrected chi connectivity index (χ2v) is 4.25. The Balaban J connectivity index is 1.86. The maximum absolute atomic E-state index is 12.2. The number of pyridine rings is 1. The molecule has 0 N–H and O–H groups in total. The lowest BCUT2D eigenvalue weighted by Gasteiger charge is -2.31. The molecule has 1 aromatic rings. The molecule has 1 aliphatic rings. The monoisotopic (exact) mass is 224 g/mol. The highest BCUT2D eigenvalue weighted by Crippen LogP contribution is 2.27. The van der Waals surface area contributed by atoms with E-state index in [1.54, 1.807) is 12.4 Å². The number of hydrogen-bond acceptors (Lipinski definition) is 2. The smallest absolute Gasteiger partial charge is 0.305 e. The van der Waals surface area contributed by atoms with Gasteiger partial charge in [-0.15, -0.1) is 0 Å². The van der Waals surface area contributed by atoms with E-state index in [-0.39, 0.29) is 6.44 Å². The van der Waals surface area contributed by atoms with E-state index < -0.39 is 7.27 Å². The number of rotatable bonds is 3. The van der Waals surface area contributed by atoms with Crippen LogP contribution >= 0.6 is 0 Å². The number of hydrogen-bond donors (Lipinski definition) is 0. The van der Waals surface area contributed by atoms with Gasteiger partial charge in [-0.2, -0.15) is 0 Å². The van der Waals surface area contributed by atoms with Crippen molar-refractivity contribution in [3.05, 3.63) is 30.1 Å². The molecule has 1 aromatic heterocycles. The molecule has 0 spiro atoms. The number of halogens is 2. The zero-order valence-electron chi connectivity index (χ0n) is 9.15. The van der Waals surface area contributed by atoms with Crippen LogP contribution in [0.2, 0.25) is 0 Å². The minimum absolute atomic E-state index is 0.0803. The summed E-state index contributed by atoms with van der Waals surface area (Å²) >= 11 is 0. The van der Waals surface area contributed by atoms with E-state index in [2.05, 4.69) is 4.98 Å². The number of nitrogens with zero attached hydrogens (tertiary/aromatic N) is 2. The Morgan fingerprint density at radius 2 is 1.88 bits per heavy atom. The average Bonchev–Trinajstić information content (AvgIpc) is 2.30. The summed E-state index contributed by atoms with van der Waals surface area (Å²) in [5.74, 6) is 0.511. The second-order valence-electron chi connectivity index (χ2n) is 4.25. The number of aromatic nitrogens is 1. The van der Waals surface area contributed by atoms with Crippen molar-refractivity contribution in [2.45, 2.75) is 18.8 Å². The zero-order valence-corrected chi connectivity index (χ0v) is 9.15. The van der Waals surface area contributed by atoms with E-state index in [0.717, 1.165) is 25.9 Å². The number of likely N-dealkylation sites (tertiary alicyclic amines) is 1. The SMILES string of the molecule is FB(F)CN1CCC(c2ccncc2)CC1. The third-order valence-electron chi connectivity index (χ3n) is 3.16. The molecular weight excluding hydrogens is 209 g/mol. The van der Waals surface area contributed by atoms with Crippen molar-refractivity contribution in [2.75, 3.05) is 19.5 Å². The molecule has 2 heterocycles. The Morgan fingerprint density at radius 1 is 1.25 bits per heavy atom. The lowest BCUT2D eigenvalue weighted by molar-refractivity contribution is 0.233. The molecule has 0 aromatic carbocycles. The molecule has 1 saturated heterocycles. The molecule has 2 rings (SSSR count). The van der Waals surface area contributed by atoms with Gasteiger partial charge < -0.3 is 4.90 Å². The Morgan fingerprint density at radius 3 is 2.44 bits per heavy atom. The van der Waals surface area contributed by atoms with Crippen molar-refractivity contribution in [3.63, 3.8) is 0 Å². The van der Waals surface area contributed by atoms with Crippen LogP contribution in [0.3, 0.4) is 0 Å². The summed E-state index contributed by atoms with van der Waals surface area (Å²) < 4.78 is 24.4. The first-order valence-corrected chi connectivity index (χ1v) is 5.66. The van der Waals surface area contributed by atoms with Crippen molar-refractivity contribution in [3.8, 4) is 0 Å². The molecule has 1 fully saturated rings. The van der Waals surface area contributed by atoms with Gasteiger partial charge in [-0.05, 0) is 49.5 Å². The highest BCUT2D eigenvalue weighted by molar-refractivity contribution is 6.42. The molecule has 86 valence electrons. The van der Waals surface area contributed by atoms with Gasteiger partial charge in [-0.1, -0.05) is 0 Å². The summed E-state index contributed by atoms with van der Waals surface area (Å²) in [5.41, 5.74) is 1.28. The van der Waals surface area contributed by atoms with Crippen LogP contribution in [0, 0.1) is 0 Å². The summed E-state index contributed by atoms with van der Waals surface area (Å²) in [6.45, 7) is 1.55. The van der Waals surface area contributed by atoms with Crippen LogP contribution in [0.15, 0.2) is 24.5 Å². The second kappa shape index (κ2) is 5.39. The summed E-state index contributed by atoms with van der Waals surface area (Å²) in [7, 11) is -2.21. The van der Waals surface area contributed by atoms with Crippen molar-refractivity contribution in [2.24, 2.45) is 0 Å². The molecule has 0 unspecified atom stereocenters. The van der Waals surface area contributed by atoms with Gasteiger partial charge in [-0.3, -0.25) is 13.6 Å². The predicted octanol–water partition coefficient (Wildman–Crippen LogP) is 2.23. The summed E-state index contributed by atoms with van der Waals surface area (Å²) in [6.07, 6.45) is 5.44. The highest BCUT2D eigenvalue weighted by Gasteiger charge is 2.24. The van der Waals surface area contributed by atoms with E-state index in [1.807, 2.05) is 17.0 Å². The van der Waals surface area contributed by atoms with Gasteiger partial charge in [0, 0.05) is 18.8 Å². The Bertz CT molecular complexity index is 313. The molecular formula is C11H15BF2N2. The van der Waals surface area contributed by atoms with E-state index >= 15 is 0 Å². The Labute approximate surface area is 94.8 Å². The van der Waals surface area contributed by atoms with Crippen LogP contribution < -0.4 is 0 Å². The van der Waals surface area contributed by atoms with Crippen LogP contribution in [0.1, 0.15) is 24.3 Å². The Kier molecular flexibility index (Phi) is 3.88. The molecule has 0 radical (unpaired) electrons. The fourth-order valence-electron chi connectivity index (χ4n) is 2.28. The van der Waals surface area contributed by atoms with Crippen molar-refractivity contribution in [1.82, 2.24) is 9.88 Å². The van der Waals surface area contributed by atoms with Gasteiger partial charge >= 0.3 is 7.27 Å². The third-order valence-corrected chi connectivity index (χ3v) is 3.16. The van der Waals surface area contributed by atoms with E-state index in [1.165, 1.54) is 5.56 Å². The van der Waals surface area contributed by atoms with Crippen LogP contribution in [-0.2, 0) is 0 Å². The normalized spacial score (nSPS) is 18.6. The summed E-state index contributed by atoms with van der Waals surface area (Å²) in [5, 5.41) is 0. The quantitative estimate of drug-likeness (QED) is 0.732. The molecule has 0 aliphatic carbocycles. The van der Waals surface area contributed by atoms with Gasteiger partial charge in [0.05, 0.1) is 0 Å². The molecule has 0 bridgehead atoms. The van der Waals surface area contributed by atoms with E-state index in [0.29, 0.717) is 5.92 Å². The van der Waals surface area contributed by atoms with Crippen LogP contribution in [0.4, 0.5) is 8.63 Å². The minimum Gasteiger partial charge on any atom is -0.305 e. The van der Waals surface area contributed by atoms with Gasteiger partial charge in [0.15, 0.2) is 0 Å². The van der Waals surface area contributed by atoms with Crippen molar-refractivity contribution >= 4 is 7.27 Å². The summed E-state index contributed by atoms with van der Waals surface area (Å²) in [6, 6.07) is 4.04. The Hall–Kier alpha value is -0.965. The lowest BCUT2D eigenvalue weighted by Crippen LogP contribution is -2.37. The van der Waals surface area contributed by atoms with Crippen molar-refractivity contribution < 1.29 is 8.63 Å². The van der Waals surface area contributed by atoms with Gasteiger partial charge in [0.25, 0.3) is 0 Å². The van der Waals surface area contributed by atoms with Gasteiger partial charge in [-0.25, -0.2) is 0 Å². The van der Waals surface area contributed by atoms with Crippen LogP contribution in [-0.4, -0.2) is 36.7 Å². The molecule has 16 heavy (non-hydrogen) atoms. The van der Waals surface area contributed by atoms with E-state index in [4.69, 9.17) is 0 Å². The van der Waals surface area contributed by atoms with E-state index in [9.17, 15) is 8.63 Å². The zero-order chi connectivity index (χ0) is 11.4. The number of piperidine rings is 1. The topological polar surface area (TPSA) is 16.1 Å². The fraction of sp³-hybridized carbons (Fsp3) is 0.545. The molecule has 5 heteroatoms. The molecule has 2 nitrogen and oxygen atoms in total. The van der Waals surface area contributed by atoms with Crippen molar-refractivity contribution in [1.29, 1.82) is 0 Å². The minimum atomic E-state index is -2.21. The lowest BCUT2D eigenvalue weighted by atomic mass is 9.88. The standard InChI is InChI=1S/C11H15BF2N2/c13-12(14)9-16-7-3-11(4-8-16)10-1-5-15-6-2-10/h1-2,5-6,11H,3-4,7-9H2. The van der Waals surface area contributed by atoms with Crippen LogP contribution in [0.25, 0.3) is 0 Å². The molecule has 1 aliphatic heterocycles. The molecule has 0 saturated carbocycles. The third kappa shape index (κ3) is 3.01. The maximum Gasteiger partial charge on any atom is 0.551 e. The largest absolute Gasteiger partial charge is 0.551 e. The first-order chi connectivity index (χ1) is 7.75. The van der Waals surface area contributed by atoms with Crippen LogP contribution in [0.5, 0.6) is 0 Å². The average molecular weight is 224 g/mol. The predicted molar refractivity (Wildman–Crippen MR) is 60.6 cm³/mol. The van der Waals surface area contributed by atoms with Gasteiger partial charge in [0.2, 0.25) is 0 Å². The first-order valence-electron chi connectivity index (χ1n) is 5.66. The highest BCUT2D eigenvalue weighted by atomic mass is 19.2. The molecule has 0 atom stereocenters. The van der Waals surface area contributed by atoms with Gasteiger partial charge in [0.1, 0.15) is 0 Å². The summed E-state index contributed by atoms with van der Waals surface area (Å²) in [4.78, 5) is 5.83. The maximum atomic E-state index is 12.2. The molecule has 0 amide bonds. The fourth-order valence-corrected chi connectivity index (χ4v) is 2.28.